The molecule has 43 heavy (non-hydrogen) atoms. The van der Waals surface area contributed by atoms with E-state index in [0.29, 0.717) is 27.8 Å². The highest BCUT2D eigenvalue weighted by Gasteiger charge is 2.48. The Kier molecular flexibility index (Phi) is 9.12. The summed E-state index contributed by atoms with van der Waals surface area (Å²) in [6.07, 6.45) is 1.86. The lowest BCUT2D eigenvalue weighted by Crippen LogP contribution is -2.29. The van der Waals surface area contributed by atoms with Crippen LogP contribution >= 0.6 is 23.1 Å². The topological polar surface area (TPSA) is 136 Å². The molecule has 1 fully saturated rings. The summed E-state index contributed by atoms with van der Waals surface area (Å²) in [5, 5.41) is 31.0. The summed E-state index contributed by atoms with van der Waals surface area (Å²) in [4.78, 5) is 38.7. The maximum atomic E-state index is 14.1. The number of hydrogen-bond acceptors (Lipinski definition) is 10. The van der Waals surface area contributed by atoms with Crippen molar-refractivity contribution in [3.05, 3.63) is 111 Å². The first-order chi connectivity index (χ1) is 20.8. The second kappa shape index (κ2) is 13.1. The lowest BCUT2D eigenvalue weighted by Gasteiger charge is -2.22. The number of rotatable bonds is 11. The van der Waals surface area contributed by atoms with Crippen LogP contribution in [0.2, 0.25) is 0 Å². The Balaban J connectivity index is 1.51. The molecule has 0 radical (unpaired) electrons. The lowest BCUT2D eigenvalue weighted by molar-refractivity contribution is -0.384. The van der Waals surface area contributed by atoms with Gasteiger partial charge in [-0.3, -0.25) is 24.6 Å². The van der Waals surface area contributed by atoms with Crippen LogP contribution in [0.25, 0.3) is 5.76 Å². The van der Waals surface area contributed by atoms with Gasteiger partial charge in [-0.2, -0.15) is 0 Å². The highest BCUT2D eigenvalue weighted by molar-refractivity contribution is 8.00. The molecular weight excluding hydrogens is 595 g/mol. The Bertz CT molecular complexity index is 1690. The number of thioether (sulfide) groups is 1. The highest BCUT2D eigenvalue weighted by Crippen LogP contribution is 2.44. The van der Waals surface area contributed by atoms with Crippen molar-refractivity contribution in [3.8, 4) is 5.75 Å². The van der Waals surface area contributed by atoms with E-state index in [1.54, 1.807) is 42.5 Å². The Morgan fingerprint density at radius 1 is 1.09 bits per heavy atom. The van der Waals surface area contributed by atoms with E-state index >= 15 is 0 Å². The number of nitro groups is 1. The van der Waals surface area contributed by atoms with Gasteiger partial charge in [-0.1, -0.05) is 54.6 Å². The minimum atomic E-state index is -1.14. The molecule has 2 heterocycles. The summed E-state index contributed by atoms with van der Waals surface area (Å²) in [6, 6.07) is 17.0. The van der Waals surface area contributed by atoms with Gasteiger partial charge >= 0.3 is 5.91 Å². The number of hydrogen-bond donors (Lipinski definition) is 1. The zero-order valence-corrected chi connectivity index (χ0v) is 24.4. The zero-order valence-electron chi connectivity index (χ0n) is 22.8. The predicted octanol–water partition coefficient (Wildman–Crippen LogP) is 6.68. The summed E-state index contributed by atoms with van der Waals surface area (Å²) in [5.41, 5.74) is 0.724. The number of nitro benzene ring substituents is 1. The monoisotopic (exact) mass is 620 g/mol. The molecule has 1 unspecified atom stereocenters. The number of halogens is 1. The Morgan fingerprint density at radius 2 is 1.81 bits per heavy atom. The largest absolute Gasteiger partial charge is 0.507 e. The second-order valence-corrected chi connectivity index (χ2v) is 11.7. The van der Waals surface area contributed by atoms with Crippen LogP contribution in [0.1, 0.15) is 42.5 Å². The van der Waals surface area contributed by atoms with E-state index < -0.39 is 28.4 Å². The second-order valence-electron chi connectivity index (χ2n) is 9.47. The van der Waals surface area contributed by atoms with Crippen molar-refractivity contribution in [2.45, 2.75) is 35.9 Å². The maximum Gasteiger partial charge on any atom is 0.301 e. The standard InChI is InChI=1S/C30H25FN4O6S2/c1-2-3-16-41-22-14-10-19(11-15-22)26(36)24-25(18-8-12-21(13-9-18)35(39)40)34(28(38)27(24)37)29-32-33-30(43-29)42-17-20-6-4-5-7-23(20)31/h4-15,25,36H,2-3,16-17H2,1H3. The molecule has 5 rings (SSSR count). The number of aromatic nitrogens is 2. The predicted molar refractivity (Wildman–Crippen MR) is 161 cm³/mol. The van der Waals surface area contributed by atoms with Gasteiger partial charge in [-0.25, -0.2) is 4.39 Å². The van der Waals surface area contributed by atoms with Gasteiger partial charge in [-0.15, -0.1) is 10.2 Å². The number of aliphatic hydroxyl groups is 1. The van der Waals surface area contributed by atoms with E-state index in [1.165, 1.54) is 42.1 Å². The molecule has 3 aromatic carbocycles. The number of unbranched alkanes of at least 4 members (excludes halogenated alkanes) is 1. The Labute approximate surface area is 254 Å². The van der Waals surface area contributed by atoms with Crippen LogP contribution in [-0.2, 0) is 15.3 Å². The van der Waals surface area contributed by atoms with Crippen molar-refractivity contribution in [2.75, 3.05) is 11.5 Å². The Hall–Kier alpha value is -4.62. The van der Waals surface area contributed by atoms with Crippen LogP contribution < -0.4 is 9.64 Å². The third kappa shape index (κ3) is 6.42. The highest BCUT2D eigenvalue weighted by atomic mass is 32.2. The summed E-state index contributed by atoms with van der Waals surface area (Å²) < 4.78 is 20.2. The molecule has 4 aromatic rings. The van der Waals surface area contributed by atoms with Crippen LogP contribution in [0, 0.1) is 15.9 Å². The molecular formula is C30H25FN4O6S2. The number of carbonyl (C=O) groups is 2. The average molecular weight is 621 g/mol. The van der Waals surface area contributed by atoms with Crippen LogP contribution in [0.4, 0.5) is 15.2 Å². The molecule has 10 nitrogen and oxygen atoms in total. The van der Waals surface area contributed by atoms with Crippen LogP contribution in [0.15, 0.2) is 82.7 Å². The fraction of sp³-hybridized carbons (Fsp3) is 0.200. The van der Waals surface area contributed by atoms with Gasteiger partial charge in [0.15, 0.2) is 4.34 Å². The number of Topliss-reactive ketones (excluding diaryl/α,β-unsaturated/α-hetero) is 1. The molecule has 13 heteroatoms. The Morgan fingerprint density at radius 3 is 2.49 bits per heavy atom. The van der Waals surface area contributed by atoms with Gasteiger partial charge in [0, 0.05) is 23.4 Å². The molecule has 0 bridgehead atoms. The SMILES string of the molecule is CCCCOc1ccc(C(O)=C2C(=O)C(=O)N(c3nnc(SCc4ccccc4F)s3)C2c2ccc([N+](=O)[O-])cc2)cc1. The van der Waals surface area contributed by atoms with Gasteiger partial charge < -0.3 is 9.84 Å². The molecule has 1 aliphatic heterocycles. The minimum Gasteiger partial charge on any atom is -0.507 e. The van der Waals surface area contributed by atoms with Crippen LogP contribution in [0.3, 0.4) is 0 Å². The fourth-order valence-electron chi connectivity index (χ4n) is 4.44. The van der Waals surface area contributed by atoms with Crippen molar-refractivity contribution >= 4 is 51.4 Å². The van der Waals surface area contributed by atoms with Crippen molar-refractivity contribution in [3.63, 3.8) is 0 Å². The lowest BCUT2D eigenvalue weighted by atomic mass is 9.95. The fourth-order valence-corrected chi connectivity index (χ4v) is 6.29. The van der Waals surface area contributed by atoms with Gasteiger partial charge in [0.2, 0.25) is 5.13 Å². The van der Waals surface area contributed by atoms with E-state index in [2.05, 4.69) is 17.1 Å². The van der Waals surface area contributed by atoms with E-state index in [9.17, 15) is 29.2 Å². The first kappa shape index (κ1) is 29.9. The summed E-state index contributed by atoms with van der Waals surface area (Å²) in [7, 11) is 0. The number of carbonyl (C=O) groups excluding carboxylic acids is 2. The number of nitrogens with zero attached hydrogens (tertiary/aromatic N) is 4. The molecule has 1 aromatic heterocycles. The van der Waals surface area contributed by atoms with Crippen LogP contribution in [0.5, 0.6) is 5.75 Å². The number of ether oxygens (including phenoxy) is 1. The summed E-state index contributed by atoms with van der Waals surface area (Å²) in [5.74, 6) is -1.80. The molecule has 1 atom stereocenters. The summed E-state index contributed by atoms with van der Waals surface area (Å²) in [6.45, 7) is 2.59. The quantitative estimate of drug-likeness (QED) is 0.0284. The van der Waals surface area contributed by atoms with Crippen molar-refractivity contribution in [2.24, 2.45) is 0 Å². The molecule has 1 saturated heterocycles. The van der Waals surface area contributed by atoms with E-state index in [1.807, 2.05) is 0 Å². The first-order valence-electron chi connectivity index (χ1n) is 13.3. The van der Waals surface area contributed by atoms with Crippen molar-refractivity contribution in [1.82, 2.24) is 10.2 Å². The number of amides is 1. The zero-order chi connectivity index (χ0) is 30.5. The smallest absolute Gasteiger partial charge is 0.301 e. The van der Waals surface area contributed by atoms with Gasteiger partial charge in [-0.05, 0) is 60.0 Å². The molecule has 0 saturated carbocycles. The van der Waals surface area contributed by atoms with Gasteiger partial charge in [0.1, 0.15) is 17.3 Å². The van der Waals surface area contributed by atoms with Crippen molar-refractivity contribution < 1.29 is 28.7 Å². The van der Waals surface area contributed by atoms with E-state index in [-0.39, 0.29) is 33.5 Å². The van der Waals surface area contributed by atoms with Gasteiger partial charge in [0.05, 0.1) is 23.1 Å². The number of benzene rings is 3. The first-order valence-corrected chi connectivity index (χ1v) is 15.1. The maximum absolute atomic E-state index is 14.1. The molecule has 1 aliphatic rings. The molecule has 0 spiro atoms. The summed E-state index contributed by atoms with van der Waals surface area (Å²) >= 11 is 2.25. The van der Waals surface area contributed by atoms with Gasteiger partial charge in [0.25, 0.3) is 11.5 Å². The third-order valence-corrected chi connectivity index (χ3v) is 8.77. The third-order valence-electron chi connectivity index (χ3n) is 6.67. The minimum absolute atomic E-state index is 0.0835. The van der Waals surface area contributed by atoms with Crippen LogP contribution in [-0.4, -0.2) is 38.5 Å². The van der Waals surface area contributed by atoms with Crippen molar-refractivity contribution in [1.29, 1.82) is 0 Å². The number of aliphatic hydroxyl groups excluding tert-OH is 1. The number of non-ortho nitro benzene ring substituents is 1. The normalized spacial score (nSPS) is 16.0. The number of anilines is 1. The average Bonchev–Trinajstić information content (AvgIpc) is 3.58. The molecule has 220 valence electrons. The molecule has 0 aliphatic carbocycles. The van der Waals surface area contributed by atoms with E-state index in [4.69, 9.17) is 4.74 Å². The molecule has 1 N–H and O–H groups in total. The van der Waals surface area contributed by atoms with E-state index in [0.717, 1.165) is 29.1 Å². The number of ketones is 1. The molecule has 1 amide bonds.